The summed E-state index contributed by atoms with van der Waals surface area (Å²) < 4.78 is 0. The third kappa shape index (κ3) is 2.27. The van der Waals surface area contributed by atoms with E-state index in [1.807, 2.05) is 0 Å². The van der Waals surface area contributed by atoms with E-state index in [0.29, 0.717) is 23.4 Å². The maximum Gasteiger partial charge on any atom is 0.310 e. The summed E-state index contributed by atoms with van der Waals surface area (Å²) >= 11 is 0. The third-order valence-electron chi connectivity index (χ3n) is 3.07. The van der Waals surface area contributed by atoms with Crippen molar-refractivity contribution >= 4 is 11.9 Å². The Morgan fingerprint density at radius 3 is 2.67 bits per heavy atom. The highest BCUT2D eigenvalue weighted by atomic mass is 16.4. The van der Waals surface area contributed by atoms with Gasteiger partial charge in [0, 0.05) is 11.7 Å². The van der Waals surface area contributed by atoms with Gasteiger partial charge >= 0.3 is 5.97 Å². The van der Waals surface area contributed by atoms with Crippen LogP contribution in [0, 0.1) is 19.8 Å². The Labute approximate surface area is 104 Å². The van der Waals surface area contributed by atoms with Gasteiger partial charge in [0.05, 0.1) is 17.2 Å². The number of hydrogen-bond acceptors (Lipinski definition) is 3. The molecule has 0 spiro atoms. The van der Waals surface area contributed by atoms with Gasteiger partial charge < -0.3 is 10.4 Å². The van der Waals surface area contributed by atoms with E-state index in [9.17, 15) is 9.59 Å². The maximum atomic E-state index is 12.0. The average Bonchev–Trinajstić information content (AvgIpc) is 2.86. The number of rotatable bonds is 3. The van der Waals surface area contributed by atoms with Gasteiger partial charge in [0.15, 0.2) is 0 Å². The number of carboxylic acids is 1. The lowest BCUT2D eigenvalue weighted by Crippen LogP contribution is -2.33. The van der Waals surface area contributed by atoms with Crippen LogP contribution in [0.1, 0.15) is 28.2 Å². The second kappa shape index (κ2) is 4.64. The summed E-state index contributed by atoms with van der Waals surface area (Å²) in [4.78, 5) is 22.8. The Morgan fingerprint density at radius 1 is 1.44 bits per heavy atom. The number of H-pyrrole nitrogens is 1. The molecule has 1 heterocycles. The van der Waals surface area contributed by atoms with Crippen LogP contribution in [0.25, 0.3) is 0 Å². The Bertz CT molecular complexity index is 499. The molecule has 0 fully saturated rings. The van der Waals surface area contributed by atoms with Crippen LogP contribution in [0.4, 0.5) is 0 Å². The highest BCUT2D eigenvalue weighted by Crippen LogP contribution is 2.19. The highest BCUT2D eigenvalue weighted by molar-refractivity contribution is 5.96. The molecule has 0 saturated carbocycles. The minimum Gasteiger partial charge on any atom is -0.481 e. The van der Waals surface area contributed by atoms with E-state index in [2.05, 4.69) is 15.5 Å². The number of nitrogens with zero attached hydrogens (tertiary/aromatic N) is 1. The quantitative estimate of drug-likeness (QED) is 0.690. The fourth-order valence-electron chi connectivity index (χ4n) is 2.12. The van der Waals surface area contributed by atoms with Crippen molar-refractivity contribution in [3.8, 4) is 0 Å². The average molecular weight is 249 g/mol. The van der Waals surface area contributed by atoms with Crippen LogP contribution in [0.2, 0.25) is 0 Å². The number of amides is 1. The topological polar surface area (TPSA) is 95.1 Å². The van der Waals surface area contributed by atoms with E-state index in [1.165, 1.54) is 0 Å². The molecule has 6 heteroatoms. The normalized spacial score (nSPS) is 22.1. The molecule has 6 nitrogen and oxygen atoms in total. The number of aliphatic carboxylic acids is 1. The smallest absolute Gasteiger partial charge is 0.310 e. The molecule has 0 aromatic carbocycles. The second-order valence-corrected chi connectivity index (χ2v) is 4.45. The Kier molecular flexibility index (Phi) is 3.18. The number of carbonyl (C=O) groups excluding carboxylic acids is 1. The Morgan fingerprint density at radius 2 is 2.17 bits per heavy atom. The largest absolute Gasteiger partial charge is 0.481 e. The first kappa shape index (κ1) is 12.3. The van der Waals surface area contributed by atoms with Crippen LogP contribution >= 0.6 is 0 Å². The van der Waals surface area contributed by atoms with Crippen molar-refractivity contribution in [2.24, 2.45) is 5.92 Å². The van der Waals surface area contributed by atoms with Gasteiger partial charge in [-0.25, -0.2) is 0 Å². The Hall–Kier alpha value is -2.11. The second-order valence-electron chi connectivity index (χ2n) is 4.45. The third-order valence-corrected chi connectivity index (χ3v) is 3.07. The standard InChI is InChI=1S/C12H15N3O3/c1-6-10(7(2)15-14-6)11(16)13-9-4-3-8(5-9)12(17)18/h3-4,8-9H,5H2,1-2H3,(H,13,16)(H,14,15)(H,17,18). The van der Waals surface area contributed by atoms with E-state index in [-0.39, 0.29) is 11.9 Å². The summed E-state index contributed by atoms with van der Waals surface area (Å²) in [5.41, 5.74) is 1.88. The van der Waals surface area contributed by atoms with Gasteiger partial charge in [-0.15, -0.1) is 0 Å². The van der Waals surface area contributed by atoms with Crippen LogP contribution in [-0.2, 0) is 4.79 Å². The van der Waals surface area contributed by atoms with Crippen LogP contribution in [0.3, 0.4) is 0 Å². The highest BCUT2D eigenvalue weighted by Gasteiger charge is 2.26. The lowest BCUT2D eigenvalue weighted by Gasteiger charge is -2.12. The first-order valence-electron chi connectivity index (χ1n) is 5.72. The molecule has 3 N–H and O–H groups in total. The van der Waals surface area contributed by atoms with Crippen LogP contribution in [-0.4, -0.2) is 33.2 Å². The summed E-state index contributed by atoms with van der Waals surface area (Å²) in [5, 5.41) is 18.4. The lowest BCUT2D eigenvalue weighted by atomic mass is 10.1. The van der Waals surface area contributed by atoms with Gasteiger partial charge in [0.25, 0.3) is 5.91 Å². The molecule has 0 radical (unpaired) electrons. The van der Waals surface area contributed by atoms with Crippen molar-refractivity contribution in [3.63, 3.8) is 0 Å². The number of carbonyl (C=O) groups is 2. The Balaban J connectivity index is 2.02. The minimum absolute atomic E-state index is 0.223. The molecular formula is C12H15N3O3. The molecule has 1 aromatic rings. The van der Waals surface area contributed by atoms with Gasteiger partial charge in [0.1, 0.15) is 0 Å². The lowest BCUT2D eigenvalue weighted by molar-refractivity contribution is -0.140. The zero-order valence-electron chi connectivity index (χ0n) is 10.2. The van der Waals surface area contributed by atoms with E-state index in [4.69, 9.17) is 5.11 Å². The first-order chi connectivity index (χ1) is 8.49. The summed E-state index contributed by atoms with van der Waals surface area (Å²) in [5.74, 6) is -1.60. The zero-order valence-corrected chi connectivity index (χ0v) is 10.2. The maximum absolute atomic E-state index is 12.0. The van der Waals surface area contributed by atoms with Crippen LogP contribution < -0.4 is 5.32 Å². The summed E-state index contributed by atoms with van der Waals surface area (Å²) in [6, 6.07) is -0.229. The number of carboxylic acid groups (broad SMARTS) is 1. The molecular weight excluding hydrogens is 234 g/mol. The number of nitrogens with one attached hydrogen (secondary N) is 2. The van der Waals surface area contributed by atoms with Crippen LogP contribution in [0.5, 0.6) is 0 Å². The van der Waals surface area contributed by atoms with Gasteiger partial charge in [-0.05, 0) is 20.3 Å². The number of aromatic nitrogens is 2. The van der Waals surface area contributed by atoms with Crippen molar-refractivity contribution in [2.45, 2.75) is 26.3 Å². The van der Waals surface area contributed by atoms with Crippen molar-refractivity contribution in [1.29, 1.82) is 0 Å². The van der Waals surface area contributed by atoms with E-state index in [0.717, 1.165) is 0 Å². The fraction of sp³-hybridized carbons (Fsp3) is 0.417. The number of hydrogen-bond donors (Lipinski definition) is 3. The van der Waals surface area contributed by atoms with Crippen molar-refractivity contribution in [1.82, 2.24) is 15.5 Å². The van der Waals surface area contributed by atoms with E-state index in [1.54, 1.807) is 26.0 Å². The molecule has 2 rings (SSSR count). The van der Waals surface area contributed by atoms with Gasteiger partial charge in [0.2, 0.25) is 0 Å². The molecule has 1 aromatic heterocycles. The molecule has 2 unspecified atom stereocenters. The van der Waals surface area contributed by atoms with E-state index >= 15 is 0 Å². The van der Waals surface area contributed by atoms with Crippen LogP contribution in [0.15, 0.2) is 12.2 Å². The molecule has 96 valence electrons. The van der Waals surface area contributed by atoms with Crippen molar-refractivity contribution in [3.05, 3.63) is 29.1 Å². The first-order valence-corrected chi connectivity index (χ1v) is 5.72. The predicted molar refractivity (Wildman–Crippen MR) is 64.2 cm³/mol. The zero-order chi connectivity index (χ0) is 13.3. The molecule has 1 amide bonds. The summed E-state index contributed by atoms with van der Waals surface area (Å²) in [6.45, 7) is 3.53. The monoisotopic (exact) mass is 249 g/mol. The van der Waals surface area contributed by atoms with Crippen molar-refractivity contribution < 1.29 is 14.7 Å². The van der Waals surface area contributed by atoms with E-state index < -0.39 is 11.9 Å². The summed E-state index contributed by atoms with van der Waals surface area (Å²) in [6.07, 6.45) is 3.74. The predicted octanol–water partition coefficient (Wildman–Crippen LogP) is 0.786. The SMILES string of the molecule is Cc1n[nH]c(C)c1C(=O)NC1C=CC(C(=O)O)C1. The minimum atomic E-state index is -0.862. The van der Waals surface area contributed by atoms with Gasteiger partial charge in [-0.3, -0.25) is 14.7 Å². The molecule has 1 aliphatic rings. The molecule has 18 heavy (non-hydrogen) atoms. The number of aromatic amines is 1. The van der Waals surface area contributed by atoms with Gasteiger partial charge in [-0.2, -0.15) is 5.10 Å². The molecule has 2 atom stereocenters. The molecule has 1 aliphatic carbocycles. The number of aryl methyl sites for hydroxylation is 2. The fourth-order valence-corrected chi connectivity index (χ4v) is 2.12. The molecule has 0 saturated heterocycles. The van der Waals surface area contributed by atoms with Crippen molar-refractivity contribution in [2.75, 3.05) is 0 Å². The summed E-state index contributed by atoms with van der Waals surface area (Å²) in [7, 11) is 0. The molecule has 0 bridgehead atoms. The van der Waals surface area contributed by atoms with Gasteiger partial charge in [-0.1, -0.05) is 12.2 Å². The molecule has 0 aliphatic heterocycles.